The predicted molar refractivity (Wildman–Crippen MR) is 145 cm³/mol. The van der Waals surface area contributed by atoms with Gasteiger partial charge < -0.3 is 0 Å². The summed E-state index contributed by atoms with van der Waals surface area (Å²) in [6.07, 6.45) is 0. The summed E-state index contributed by atoms with van der Waals surface area (Å²) < 4.78 is 0. The molecule has 0 spiro atoms. The highest BCUT2D eigenvalue weighted by Crippen LogP contribution is 2.54. The fraction of sp³-hybridized carbons (Fsp3) is 0.118. The second-order valence-electron chi connectivity index (χ2n) is 9.93. The first-order chi connectivity index (χ1) is 16.5. The number of benzene rings is 5. The van der Waals surface area contributed by atoms with Gasteiger partial charge >= 0.3 is 0 Å². The van der Waals surface area contributed by atoms with Gasteiger partial charge in [0.2, 0.25) is 0 Å². The van der Waals surface area contributed by atoms with Crippen LogP contribution in [-0.4, -0.2) is 0 Å². The van der Waals surface area contributed by atoms with Gasteiger partial charge in [-0.05, 0) is 80.8 Å². The average Bonchev–Trinajstić information content (AvgIpc) is 3.11. The van der Waals surface area contributed by atoms with E-state index in [-0.39, 0.29) is 5.41 Å². The smallest absolute Gasteiger partial charge is 0.0159 e. The average molecular weight is 437 g/mol. The van der Waals surface area contributed by atoms with Gasteiger partial charge in [-0.3, -0.25) is 0 Å². The van der Waals surface area contributed by atoms with Crippen molar-refractivity contribution in [2.75, 3.05) is 0 Å². The van der Waals surface area contributed by atoms with Crippen LogP contribution in [0.1, 0.15) is 30.5 Å². The van der Waals surface area contributed by atoms with Gasteiger partial charge in [-0.2, -0.15) is 0 Å². The number of hydrogen-bond donors (Lipinski definition) is 0. The zero-order chi connectivity index (χ0) is 23.3. The first kappa shape index (κ1) is 20.7. The van der Waals surface area contributed by atoms with E-state index < -0.39 is 0 Å². The van der Waals surface area contributed by atoms with Crippen molar-refractivity contribution in [1.82, 2.24) is 0 Å². The van der Waals surface area contributed by atoms with Gasteiger partial charge in [0.1, 0.15) is 0 Å². The van der Waals surface area contributed by atoms with Crippen LogP contribution >= 0.6 is 0 Å². The van der Waals surface area contributed by atoms with Gasteiger partial charge in [-0.25, -0.2) is 0 Å². The third kappa shape index (κ3) is 3.30. The normalized spacial score (nSPS) is 13.4. The molecule has 0 heteroatoms. The van der Waals surface area contributed by atoms with Gasteiger partial charge in [-0.1, -0.05) is 116 Å². The molecule has 0 aromatic heterocycles. The Morgan fingerprint density at radius 2 is 1.06 bits per heavy atom. The molecule has 0 fully saturated rings. The van der Waals surface area contributed by atoms with E-state index in [1.807, 2.05) is 0 Å². The molecule has 1 aliphatic rings. The monoisotopic (exact) mass is 436 g/mol. The first-order valence-corrected chi connectivity index (χ1v) is 12.0. The highest BCUT2D eigenvalue weighted by molar-refractivity contribution is 5.96. The summed E-state index contributed by atoms with van der Waals surface area (Å²) in [6.45, 7) is 6.90. The molecule has 34 heavy (non-hydrogen) atoms. The fourth-order valence-corrected chi connectivity index (χ4v) is 5.51. The van der Waals surface area contributed by atoms with Crippen molar-refractivity contribution in [3.8, 4) is 44.5 Å². The molecule has 0 unspecified atom stereocenters. The Kier molecular flexibility index (Phi) is 4.78. The van der Waals surface area contributed by atoms with Gasteiger partial charge in [0.15, 0.2) is 0 Å². The Morgan fingerprint density at radius 1 is 0.441 bits per heavy atom. The van der Waals surface area contributed by atoms with Crippen molar-refractivity contribution >= 4 is 0 Å². The maximum atomic E-state index is 2.42. The Morgan fingerprint density at radius 3 is 1.76 bits per heavy atom. The van der Waals surface area contributed by atoms with E-state index in [0.29, 0.717) is 0 Å². The number of hydrogen-bond acceptors (Lipinski definition) is 0. The molecule has 0 aliphatic heterocycles. The predicted octanol–water partition coefficient (Wildman–Crippen LogP) is 9.30. The molecule has 0 heterocycles. The lowest BCUT2D eigenvalue weighted by molar-refractivity contribution is 0.661. The van der Waals surface area contributed by atoms with Crippen LogP contribution in [0.2, 0.25) is 0 Å². The van der Waals surface area contributed by atoms with E-state index in [4.69, 9.17) is 0 Å². The maximum absolute atomic E-state index is 2.42. The third-order valence-corrected chi connectivity index (χ3v) is 7.32. The largest absolute Gasteiger partial charge is 0.0622 e. The Bertz CT molecular complexity index is 1510. The van der Waals surface area contributed by atoms with Crippen LogP contribution in [0, 0.1) is 6.92 Å². The molecular formula is C34H28. The summed E-state index contributed by atoms with van der Waals surface area (Å²) in [5.74, 6) is 0. The molecular weight excluding hydrogens is 408 g/mol. The van der Waals surface area contributed by atoms with Crippen LogP contribution in [0.3, 0.4) is 0 Å². The van der Waals surface area contributed by atoms with Crippen molar-refractivity contribution in [3.05, 3.63) is 132 Å². The van der Waals surface area contributed by atoms with Crippen molar-refractivity contribution in [2.24, 2.45) is 0 Å². The molecule has 0 bridgehead atoms. The molecule has 1 aliphatic carbocycles. The van der Waals surface area contributed by atoms with Crippen molar-refractivity contribution in [3.63, 3.8) is 0 Å². The minimum atomic E-state index is -0.0654. The van der Waals surface area contributed by atoms with Crippen molar-refractivity contribution in [2.45, 2.75) is 26.2 Å². The second kappa shape index (κ2) is 7.85. The Labute approximate surface area is 202 Å². The molecule has 5 aromatic carbocycles. The second-order valence-corrected chi connectivity index (χ2v) is 9.93. The Hall–Kier alpha value is -3.90. The van der Waals surface area contributed by atoms with Crippen molar-refractivity contribution in [1.29, 1.82) is 0 Å². The third-order valence-electron chi connectivity index (χ3n) is 7.32. The summed E-state index contributed by atoms with van der Waals surface area (Å²) in [5.41, 5.74) is 14.4. The zero-order valence-electron chi connectivity index (χ0n) is 20.0. The highest BCUT2D eigenvalue weighted by atomic mass is 14.4. The SMILES string of the molecule is Cc1cccc(-c2ccc3c(c2)-c2c(-c4ccccc4)cc(-c4ccccc4)cc2C3(C)C)c1. The van der Waals surface area contributed by atoms with Crippen LogP contribution in [0.5, 0.6) is 0 Å². The van der Waals surface area contributed by atoms with E-state index in [0.717, 1.165) is 0 Å². The minimum Gasteiger partial charge on any atom is -0.0622 e. The van der Waals surface area contributed by atoms with Gasteiger partial charge in [0.05, 0.1) is 0 Å². The first-order valence-electron chi connectivity index (χ1n) is 12.0. The summed E-state index contributed by atoms with van der Waals surface area (Å²) in [7, 11) is 0. The maximum Gasteiger partial charge on any atom is 0.0159 e. The molecule has 0 atom stereocenters. The van der Waals surface area contributed by atoms with E-state index in [2.05, 4.69) is 136 Å². The van der Waals surface area contributed by atoms with E-state index in [9.17, 15) is 0 Å². The van der Waals surface area contributed by atoms with Crippen LogP contribution in [-0.2, 0) is 5.41 Å². The quantitative estimate of drug-likeness (QED) is 0.264. The van der Waals surface area contributed by atoms with E-state index in [1.54, 1.807) is 0 Å². The minimum absolute atomic E-state index is 0.0654. The van der Waals surface area contributed by atoms with Gasteiger partial charge in [0, 0.05) is 5.41 Å². The lowest BCUT2D eigenvalue weighted by Gasteiger charge is -2.23. The molecule has 5 aromatic rings. The molecule has 164 valence electrons. The van der Waals surface area contributed by atoms with Crippen LogP contribution in [0.25, 0.3) is 44.5 Å². The van der Waals surface area contributed by atoms with E-state index >= 15 is 0 Å². The summed E-state index contributed by atoms with van der Waals surface area (Å²) in [4.78, 5) is 0. The molecule has 0 saturated carbocycles. The summed E-state index contributed by atoms with van der Waals surface area (Å²) in [5, 5.41) is 0. The highest BCUT2D eigenvalue weighted by Gasteiger charge is 2.37. The van der Waals surface area contributed by atoms with Crippen LogP contribution in [0.4, 0.5) is 0 Å². The summed E-state index contributed by atoms with van der Waals surface area (Å²) in [6, 6.07) is 42.3. The molecule has 0 amide bonds. The number of aryl methyl sites for hydroxylation is 1. The standard InChI is InChI=1S/C34H28/c1-23-11-10-16-26(19-23)27-17-18-31-30(20-27)33-29(25-14-8-5-9-15-25)21-28(22-32(33)34(31,2)3)24-12-6-4-7-13-24/h4-22H,1-3H3. The van der Waals surface area contributed by atoms with Crippen LogP contribution in [0.15, 0.2) is 115 Å². The lowest BCUT2D eigenvalue weighted by Crippen LogP contribution is -2.15. The fourth-order valence-electron chi connectivity index (χ4n) is 5.51. The lowest BCUT2D eigenvalue weighted by atomic mass is 9.80. The molecule has 0 nitrogen and oxygen atoms in total. The zero-order valence-corrected chi connectivity index (χ0v) is 20.0. The molecule has 0 saturated heterocycles. The van der Waals surface area contributed by atoms with Gasteiger partial charge in [-0.15, -0.1) is 0 Å². The Balaban J connectivity index is 1.65. The number of fused-ring (bicyclic) bond motifs is 3. The van der Waals surface area contributed by atoms with Crippen LogP contribution < -0.4 is 0 Å². The summed E-state index contributed by atoms with van der Waals surface area (Å²) >= 11 is 0. The topological polar surface area (TPSA) is 0 Å². The van der Waals surface area contributed by atoms with E-state index in [1.165, 1.54) is 61.2 Å². The number of rotatable bonds is 3. The van der Waals surface area contributed by atoms with Gasteiger partial charge in [0.25, 0.3) is 0 Å². The molecule has 0 N–H and O–H groups in total. The molecule has 0 radical (unpaired) electrons. The van der Waals surface area contributed by atoms with Crippen molar-refractivity contribution < 1.29 is 0 Å². The molecule has 6 rings (SSSR count).